The van der Waals surface area contributed by atoms with Gasteiger partial charge in [-0.05, 0) is 50.9 Å². The Bertz CT molecular complexity index is 474. The number of halogens is 2. The number of hydrogen-bond acceptors (Lipinski definition) is 3. The van der Waals surface area contributed by atoms with Gasteiger partial charge < -0.3 is 15.5 Å². The average Bonchev–Trinajstić information content (AvgIpc) is 3.09. The van der Waals surface area contributed by atoms with Gasteiger partial charge in [-0.15, -0.1) is 24.8 Å². The Balaban J connectivity index is 0.00000144. The first-order chi connectivity index (χ1) is 10.8. The molecule has 2 N–H and O–H groups in total. The Hall–Kier alpha value is -0.810. The van der Waals surface area contributed by atoms with E-state index in [1.807, 2.05) is 6.07 Å². The van der Waals surface area contributed by atoms with Crippen molar-refractivity contribution in [1.82, 2.24) is 15.5 Å². The van der Waals surface area contributed by atoms with E-state index in [1.54, 1.807) is 0 Å². The van der Waals surface area contributed by atoms with E-state index >= 15 is 0 Å². The minimum absolute atomic E-state index is 0. The summed E-state index contributed by atoms with van der Waals surface area (Å²) in [4.78, 5) is 15.1. The number of piperidine rings is 1. The standard InChI is InChI=1S/C18H27N3O.2ClH/c22-18(16-9-6-10-19-13-16)20-17(14-21-11-4-5-12-21)15-7-2-1-3-8-15;;/h1-3,7-8,16-17,19H,4-6,9-14H2,(H,20,22);2*1H. The molecule has 136 valence electrons. The van der Waals surface area contributed by atoms with E-state index in [9.17, 15) is 4.79 Å². The van der Waals surface area contributed by atoms with E-state index in [0.29, 0.717) is 0 Å². The molecule has 1 aromatic carbocycles. The average molecular weight is 374 g/mol. The van der Waals surface area contributed by atoms with Crippen molar-refractivity contribution in [2.24, 2.45) is 5.92 Å². The molecule has 0 radical (unpaired) electrons. The molecule has 4 nitrogen and oxygen atoms in total. The lowest BCUT2D eigenvalue weighted by molar-refractivity contribution is -0.126. The maximum atomic E-state index is 12.6. The van der Waals surface area contributed by atoms with Gasteiger partial charge in [0, 0.05) is 13.1 Å². The topological polar surface area (TPSA) is 44.4 Å². The van der Waals surface area contributed by atoms with Crippen LogP contribution in [0.4, 0.5) is 0 Å². The van der Waals surface area contributed by atoms with Crippen LogP contribution in [0.3, 0.4) is 0 Å². The highest BCUT2D eigenvalue weighted by Gasteiger charge is 2.25. The van der Waals surface area contributed by atoms with Crippen LogP contribution in [0.25, 0.3) is 0 Å². The van der Waals surface area contributed by atoms with E-state index < -0.39 is 0 Å². The highest BCUT2D eigenvalue weighted by atomic mass is 35.5. The number of hydrogen-bond donors (Lipinski definition) is 2. The van der Waals surface area contributed by atoms with Crippen LogP contribution in [-0.4, -0.2) is 43.5 Å². The summed E-state index contributed by atoms with van der Waals surface area (Å²) in [6.45, 7) is 5.10. The number of carbonyl (C=O) groups is 1. The van der Waals surface area contributed by atoms with E-state index in [0.717, 1.165) is 45.6 Å². The summed E-state index contributed by atoms with van der Waals surface area (Å²) in [5.74, 6) is 0.332. The molecule has 2 aliphatic rings. The fourth-order valence-corrected chi connectivity index (χ4v) is 3.51. The molecular weight excluding hydrogens is 345 g/mol. The fraction of sp³-hybridized carbons (Fsp3) is 0.611. The molecule has 6 heteroatoms. The summed E-state index contributed by atoms with van der Waals surface area (Å²) in [5.41, 5.74) is 1.21. The molecule has 0 spiro atoms. The maximum Gasteiger partial charge on any atom is 0.224 e. The summed E-state index contributed by atoms with van der Waals surface area (Å²) in [7, 11) is 0. The van der Waals surface area contributed by atoms with Crippen molar-refractivity contribution in [3.8, 4) is 0 Å². The van der Waals surface area contributed by atoms with Crippen molar-refractivity contribution < 1.29 is 4.79 Å². The van der Waals surface area contributed by atoms with Crippen LogP contribution in [0.15, 0.2) is 30.3 Å². The van der Waals surface area contributed by atoms with Gasteiger partial charge in [-0.1, -0.05) is 30.3 Å². The smallest absolute Gasteiger partial charge is 0.224 e. The number of nitrogens with one attached hydrogen (secondary N) is 2. The van der Waals surface area contributed by atoms with Gasteiger partial charge in [-0.25, -0.2) is 0 Å². The highest BCUT2D eigenvalue weighted by Crippen LogP contribution is 2.19. The molecule has 1 amide bonds. The van der Waals surface area contributed by atoms with Crippen molar-refractivity contribution in [3.63, 3.8) is 0 Å². The van der Waals surface area contributed by atoms with Gasteiger partial charge >= 0.3 is 0 Å². The van der Waals surface area contributed by atoms with E-state index in [-0.39, 0.29) is 42.7 Å². The van der Waals surface area contributed by atoms with Crippen LogP contribution in [0.1, 0.15) is 37.3 Å². The molecule has 2 heterocycles. The molecule has 2 saturated heterocycles. The molecule has 24 heavy (non-hydrogen) atoms. The summed E-state index contributed by atoms with van der Waals surface area (Å²) >= 11 is 0. The van der Waals surface area contributed by atoms with Crippen LogP contribution in [0, 0.1) is 5.92 Å². The van der Waals surface area contributed by atoms with Gasteiger partial charge in [-0.2, -0.15) is 0 Å². The Morgan fingerprint density at radius 2 is 1.88 bits per heavy atom. The molecule has 0 bridgehead atoms. The summed E-state index contributed by atoms with van der Waals surface area (Å²) in [5, 5.41) is 6.64. The second kappa shape index (κ2) is 10.9. The zero-order chi connectivity index (χ0) is 15.2. The van der Waals surface area contributed by atoms with Gasteiger partial charge in [0.05, 0.1) is 12.0 Å². The summed E-state index contributed by atoms with van der Waals surface area (Å²) in [6, 6.07) is 10.5. The molecule has 0 aliphatic carbocycles. The van der Waals surface area contributed by atoms with Gasteiger partial charge in [-0.3, -0.25) is 4.79 Å². The van der Waals surface area contributed by atoms with Crippen LogP contribution in [-0.2, 0) is 4.79 Å². The molecule has 2 aliphatic heterocycles. The number of carbonyl (C=O) groups excluding carboxylic acids is 1. The molecule has 3 rings (SSSR count). The van der Waals surface area contributed by atoms with Crippen molar-refractivity contribution in [2.45, 2.75) is 31.7 Å². The van der Waals surface area contributed by atoms with Crippen molar-refractivity contribution in [3.05, 3.63) is 35.9 Å². The molecule has 0 aromatic heterocycles. The van der Waals surface area contributed by atoms with Gasteiger partial charge in [0.2, 0.25) is 5.91 Å². The summed E-state index contributed by atoms with van der Waals surface area (Å²) in [6.07, 6.45) is 4.66. The minimum Gasteiger partial charge on any atom is -0.348 e. The lowest BCUT2D eigenvalue weighted by Crippen LogP contribution is -2.44. The van der Waals surface area contributed by atoms with E-state index in [1.165, 1.54) is 18.4 Å². The first-order valence-corrected chi connectivity index (χ1v) is 8.61. The summed E-state index contributed by atoms with van der Waals surface area (Å²) < 4.78 is 0. The molecule has 0 saturated carbocycles. The van der Waals surface area contributed by atoms with Crippen LogP contribution < -0.4 is 10.6 Å². The van der Waals surface area contributed by atoms with E-state index in [2.05, 4.69) is 39.8 Å². The van der Waals surface area contributed by atoms with Crippen LogP contribution >= 0.6 is 24.8 Å². The number of likely N-dealkylation sites (tertiary alicyclic amines) is 1. The highest BCUT2D eigenvalue weighted by molar-refractivity contribution is 5.85. The third-order valence-electron chi connectivity index (χ3n) is 4.83. The number of benzene rings is 1. The Morgan fingerprint density at radius 3 is 2.50 bits per heavy atom. The van der Waals surface area contributed by atoms with Crippen molar-refractivity contribution in [1.29, 1.82) is 0 Å². The second-order valence-electron chi connectivity index (χ2n) is 6.52. The van der Waals surface area contributed by atoms with Crippen LogP contribution in [0.5, 0.6) is 0 Å². The Morgan fingerprint density at radius 1 is 1.17 bits per heavy atom. The quantitative estimate of drug-likeness (QED) is 0.833. The zero-order valence-electron chi connectivity index (χ0n) is 14.1. The SMILES string of the molecule is Cl.Cl.O=C(NC(CN1CCCC1)c1ccccc1)C1CCCNC1. The van der Waals surface area contributed by atoms with Crippen LogP contribution in [0.2, 0.25) is 0 Å². The lowest BCUT2D eigenvalue weighted by Gasteiger charge is -2.28. The molecule has 1 aromatic rings. The minimum atomic E-state index is 0. The largest absolute Gasteiger partial charge is 0.348 e. The van der Waals surface area contributed by atoms with Gasteiger partial charge in [0.1, 0.15) is 0 Å². The van der Waals surface area contributed by atoms with Gasteiger partial charge in [0.25, 0.3) is 0 Å². The van der Waals surface area contributed by atoms with Crippen molar-refractivity contribution in [2.75, 3.05) is 32.7 Å². The van der Waals surface area contributed by atoms with Crippen molar-refractivity contribution >= 4 is 30.7 Å². The normalized spacial score (nSPS) is 22.1. The maximum absolute atomic E-state index is 12.6. The van der Waals surface area contributed by atoms with E-state index in [4.69, 9.17) is 0 Å². The zero-order valence-corrected chi connectivity index (χ0v) is 15.7. The lowest BCUT2D eigenvalue weighted by atomic mass is 9.97. The third-order valence-corrected chi connectivity index (χ3v) is 4.83. The fourth-order valence-electron chi connectivity index (χ4n) is 3.51. The monoisotopic (exact) mass is 373 g/mol. The third kappa shape index (κ3) is 5.92. The number of nitrogens with zero attached hydrogens (tertiary/aromatic N) is 1. The Kier molecular flexibility index (Phi) is 9.67. The number of amides is 1. The first-order valence-electron chi connectivity index (χ1n) is 8.61. The van der Waals surface area contributed by atoms with Gasteiger partial charge in [0.15, 0.2) is 0 Å². The molecule has 2 unspecified atom stereocenters. The predicted molar refractivity (Wildman–Crippen MR) is 103 cm³/mol. The number of rotatable bonds is 5. The molecular formula is C18H29Cl2N3O. The molecule has 2 fully saturated rings. The molecule has 2 atom stereocenters. The Labute approximate surface area is 157 Å². The second-order valence-corrected chi connectivity index (χ2v) is 6.52. The predicted octanol–water partition coefficient (Wildman–Crippen LogP) is 2.78. The first kappa shape index (κ1) is 21.2.